The molecule has 1 aromatic carbocycles. The number of benzene rings is 1. The molecule has 86 valence electrons. The maximum Gasteiger partial charge on any atom is 0.126 e. The van der Waals surface area contributed by atoms with Gasteiger partial charge in [-0.25, -0.2) is 0 Å². The molecule has 0 heterocycles. The van der Waals surface area contributed by atoms with Crippen LogP contribution in [0.2, 0.25) is 0 Å². The van der Waals surface area contributed by atoms with E-state index in [1.165, 1.54) is 5.56 Å². The largest absolute Gasteiger partial charge is 0.496 e. The van der Waals surface area contributed by atoms with Crippen LogP contribution >= 0.6 is 0 Å². The molecule has 1 heteroatoms. The molecule has 0 spiro atoms. The molecule has 0 aliphatic rings. The number of rotatable bonds is 2. The van der Waals surface area contributed by atoms with Crippen molar-refractivity contribution in [1.82, 2.24) is 0 Å². The molecule has 1 nitrogen and oxygen atoms in total. The van der Waals surface area contributed by atoms with Gasteiger partial charge in [-0.15, -0.1) is 0 Å². The molecule has 1 rings (SSSR count). The van der Waals surface area contributed by atoms with Crippen molar-refractivity contribution in [3.05, 3.63) is 35.9 Å². The van der Waals surface area contributed by atoms with E-state index in [0.717, 1.165) is 11.3 Å². The summed E-state index contributed by atoms with van der Waals surface area (Å²) in [6, 6.07) is 5.95. The molecule has 0 unspecified atom stereocenters. The lowest BCUT2D eigenvalue weighted by Crippen LogP contribution is -1.88. The minimum Gasteiger partial charge on any atom is -0.496 e. The van der Waals surface area contributed by atoms with Crippen LogP contribution in [0.5, 0.6) is 5.75 Å². The Hall–Kier alpha value is -1.24. The fraction of sp³-hybridized carbons (Fsp3) is 0.429. The summed E-state index contributed by atoms with van der Waals surface area (Å²) in [4.78, 5) is 0. The molecule has 0 aliphatic heterocycles. The first kappa shape index (κ1) is 16.2. The van der Waals surface area contributed by atoms with E-state index >= 15 is 0 Å². The summed E-state index contributed by atoms with van der Waals surface area (Å²) in [6.07, 6.45) is 1.81. The Morgan fingerprint density at radius 2 is 1.67 bits per heavy atom. The quantitative estimate of drug-likeness (QED) is 0.684. The van der Waals surface area contributed by atoms with Crippen molar-refractivity contribution >= 4 is 6.08 Å². The first-order valence-electron chi connectivity index (χ1n) is 5.55. The van der Waals surface area contributed by atoms with Crippen LogP contribution < -0.4 is 4.74 Å². The second-order valence-electron chi connectivity index (χ2n) is 2.39. The van der Waals surface area contributed by atoms with Gasteiger partial charge in [0.25, 0.3) is 0 Å². The third kappa shape index (κ3) is 5.26. The normalized spacial score (nSPS) is 7.60. The van der Waals surface area contributed by atoms with Gasteiger partial charge in [-0.2, -0.15) is 0 Å². The fourth-order valence-corrected chi connectivity index (χ4v) is 1.09. The van der Waals surface area contributed by atoms with Crippen LogP contribution in [0.4, 0.5) is 0 Å². The molecule has 0 bridgehead atoms. The van der Waals surface area contributed by atoms with Gasteiger partial charge in [-0.05, 0) is 18.6 Å². The van der Waals surface area contributed by atoms with Crippen molar-refractivity contribution < 1.29 is 4.74 Å². The second kappa shape index (κ2) is 10.8. The lowest BCUT2D eigenvalue weighted by atomic mass is 10.1. The van der Waals surface area contributed by atoms with Gasteiger partial charge in [0.05, 0.1) is 7.11 Å². The van der Waals surface area contributed by atoms with Gasteiger partial charge in [0.15, 0.2) is 0 Å². The molecule has 15 heavy (non-hydrogen) atoms. The maximum atomic E-state index is 5.15. The lowest BCUT2D eigenvalue weighted by molar-refractivity contribution is 0.413. The van der Waals surface area contributed by atoms with Gasteiger partial charge in [-0.3, -0.25) is 0 Å². The van der Waals surface area contributed by atoms with Crippen LogP contribution in [-0.2, 0) is 0 Å². The van der Waals surface area contributed by atoms with Crippen molar-refractivity contribution in [2.45, 2.75) is 34.6 Å². The summed E-state index contributed by atoms with van der Waals surface area (Å²) in [6.45, 7) is 13.8. The third-order valence-corrected chi connectivity index (χ3v) is 1.71. The topological polar surface area (TPSA) is 9.23 Å². The molecule has 0 saturated heterocycles. The summed E-state index contributed by atoms with van der Waals surface area (Å²) in [7, 11) is 1.67. The average molecular weight is 208 g/mol. The molecule has 1 aromatic rings. The Morgan fingerprint density at radius 3 is 2.00 bits per heavy atom. The molecular formula is C14H24O. The second-order valence-corrected chi connectivity index (χ2v) is 2.39. The highest BCUT2D eigenvalue weighted by Gasteiger charge is 1.99. The fourth-order valence-electron chi connectivity index (χ4n) is 1.09. The van der Waals surface area contributed by atoms with E-state index in [2.05, 4.69) is 6.58 Å². The van der Waals surface area contributed by atoms with E-state index in [0.29, 0.717) is 0 Å². The van der Waals surface area contributed by atoms with Crippen LogP contribution in [0.3, 0.4) is 0 Å². The minimum atomic E-state index is 0.889. The standard InChI is InChI=1S/C10H12O.2C2H6/c1-4-9-8(2)6-5-7-10(9)11-3;2*1-2/h4-7H,1H2,2-3H3;2*1-2H3. The summed E-state index contributed by atoms with van der Waals surface area (Å²) in [5.41, 5.74) is 2.27. The van der Waals surface area contributed by atoms with E-state index in [4.69, 9.17) is 4.74 Å². The smallest absolute Gasteiger partial charge is 0.126 e. The highest BCUT2D eigenvalue weighted by molar-refractivity contribution is 5.59. The van der Waals surface area contributed by atoms with E-state index < -0.39 is 0 Å². The Morgan fingerprint density at radius 1 is 1.13 bits per heavy atom. The summed E-state index contributed by atoms with van der Waals surface area (Å²) < 4.78 is 5.15. The van der Waals surface area contributed by atoms with Crippen molar-refractivity contribution in [2.24, 2.45) is 0 Å². The summed E-state index contributed by atoms with van der Waals surface area (Å²) in [5.74, 6) is 0.889. The van der Waals surface area contributed by atoms with Crippen LogP contribution in [0.25, 0.3) is 6.08 Å². The van der Waals surface area contributed by atoms with Crippen LogP contribution in [0, 0.1) is 6.92 Å². The third-order valence-electron chi connectivity index (χ3n) is 1.71. The summed E-state index contributed by atoms with van der Waals surface area (Å²) >= 11 is 0. The molecule has 0 fully saturated rings. The van der Waals surface area contributed by atoms with Gasteiger partial charge in [-0.1, -0.05) is 52.5 Å². The van der Waals surface area contributed by atoms with Crippen molar-refractivity contribution in [2.75, 3.05) is 7.11 Å². The van der Waals surface area contributed by atoms with Gasteiger partial charge >= 0.3 is 0 Å². The number of hydrogen-bond acceptors (Lipinski definition) is 1. The Kier molecular flexibility index (Phi) is 11.7. The Balaban J connectivity index is 0. The molecule has 0 aliphatic carbocycles. The van der Waals surface area contributed by atoms with Crippen LogP contribution in [0.1, 0.15) is 38.8 Å². The van der Waals surface area contributed by atoms with Gasteiger partial charge in [0.1, 0.15) is 5.75 Å². The average Bonchev–Trinajstić information content (AvgIpc) is 2.33. The Bertz CT molecular complexity index is 264. The first-order valence-corrected chi connectivity index (χ1v) is 5.55. The number of ether oxygens (including phenoxy) is 1. The molecule has 0 amide bonds. The highest BCUT2D eigenvalue weighted by Crippen LogP contribution is 2.21. The number of hydrogen-bond donors (Lipinski definition) is 0. The molecule has 0 radical (unpaired) electrons. The molecule has 0 saturated carbocycles. The van der Waals surface area contributed by atoms with Crippen LogP contribution in [-0.4, -0.2) is 7.11 Å². The first-order chi connectivity index (χ1) is 7.29. The molecule has 0 aromatic heterocycles. The SMILES string of the molecule is C=Cc1c(C)cccc1OC.CC.CC. The van der Waals surface area contributed by atoms with Crippen LogP contribution in [0.15, 0.2) is 24.8 Å². The lowest BCUT2D eigenvalue weighted by Gasteiger charge is -2.06. The predicted molar refractivity (Wildman–Crippen MR) is 70.5 cm³/mol. The maximum absolute atomic E-state index is 5.15. The van der Waals surface area contributed by atoms with Crippen molar-refractivity contribution in [3.63, 3.8) is 0 Å². The van der Waals surface area contributed by atoms with Gasteiger partial charge in [0.2, 0.25) is 0 Å². The van der Waals surface area contributed by atoms with Gasteiger partial charge in [0, 0.05) is 5.56 Å². The number of methoxy groups -OCH3 is 1. The van der Waals surface area contributed by atoms with E-state index in [-0.39, 0.29) is 0 Å². The predicted octanol–water partition coefficient (Wildman–Crippen LogP) is 4.70. The monoisotopic (exact) mass is 208 g/mol. The van der Waals surface area contributed by atoms with Crippen molar-refractivity contribution in [1.29, 1.82) is 0 Å². The minimum absolute atomic E-state index is 0.889. The summed E-state index contributed by atoms with van der Waals surface area (Å²) in [5, 5.41) is 0. The zero-order chi connectivity index (χ0) is 12.3. The Labute approximate surface area is 94.8 Å². The van der Waals surface area contributed by atoms with E-state index in [9.17, 15) is 0 Å². The number of aryl methyl sites for hydroxylation is 1. The molecule has 0 N–H and O–H groups in total. The van der Waals surface area contributed by atoms with Gasteiger partial charge < -0.3 is 4.74 Å². The highest BCUT2D eigenvalue weighted by atomic mass is 16.5. The zero-order valence-electron chi connectivity index (χ0n) is 10.9. The molecule has 0 atom stereocenters. The zero-order valence-corrected chi connectivity index (χ0v) is 10.9. The van der Waals surface area contributed by atoms with E-state index in [1.54, 1.807) is 7.11 Å². The molecular weight excluding hydrogens is 184 g/mol. The van der Waals surface area contributed by atoms with E-state index in [1.807, 2.05) is 58.9 Å². The van der Waals surface area contributed by atoms with Crippen molar-refractivity contribution in [3.8, 4) is 5.75 Å².